The predicted molar refractivity (Wildman–Crippen MR) is 144 cm³/mol. The fourth-order valence-corrected chi connectivity index (χ4v) is 30.2. The third kappa shape index (κ3) is 6.79. The van der Waals surface area contributed by atoms with E-state index in [1.54, 1.807) is 0 Å². The zero-order chi connectivity index (χ0) is 24.9. The fourth-order valence-electron chi connectivity index (χ4n) is 6.04. The van der Waals surface area contributed by atoms with Crippen LogP contribution in [0.4, 0.5) is 0 Å². The summed E-state index contributed by atoms with van der Waals surface area (Å²) < 4.78 is 10.7. The molecular formula is C32H44HfO. The van der Waals surface area contributed by atoms with Crippen LogP contribution in [0.25, 0.3) is 0 Å². The molecule has 0 fully saturated rings. The van der Waals surface area contributed by atoms with Gasteiger partial charge in [-0.3, -0.25) is 0 Å². The Balaban J connectivity index is 2.07. The van der Waals surface area contributed by atoms with Gasteiger partial charge in [0.05, 0.1) is 0 Å². The van der Waals surface area contributed by atoms with Crippen LogP contribution in [0.2, 0.25) is 12.5 Å². The molecule has 0 saturated heterocycles. The summed E-state index contributed by atoms with van der Waals surface area (Å²) in [6, 6.07) is 33.2. The van der Waals surface area contributed by atoms with Gasteiger partial charge in [0.25, 0.3) is 0 Å². The number of benzene rings is 3. The average Bonchev–Trinajstić information content (AvgIpc) is 2.80. The average molecular weight is 623 g/mol. The molecule has 0 spiro atoms. The van der Waals surface area contributed by atoms with Crippen molar-refractivity contribution < 1.29 is 23.3 Å². The Kier molecular flexibility index (Phi) is 8.80. The van der Waals surface area contributed by atoms with Crippen LogP contribution in [0.1, 0.15) is 65.2 Å². The second-order valence-electron chi connectivity index (χ2n) is 11.9. The van der Waals surface area contributed by atoms with E-state index in [1.807, 2.05) is 0 Å². The van der Waals surface area contributed by atoms with E-state index in [0.717, 1.165) is 6.61 Å². The Bertz CT molecular complexity index is 877. The van der Waals surface area contributed by atoms with Gasteiger partial charge < -0.3 is 0 Å². The minimum atomic E-state index is -3.43. The molecule has 0 aromatic heterocycles. The van der Waals surface area contributed by atoms with Crippen LogP contribution in [0.3, 0.4) is 0 Å². The van der Waals surface area contributed by atoms with Gasteiger partial charge in [-0.05, 0) is 0 Å². The van der Waals surface area contributed by atoms with Crippen molar-refractivity contribution in [3.05, 3.63) is 108 Å². The van der Waals surface area contributed by atoms with Gasteiger partial charge in [-0.15, -0.1) is 0 Å². The van der Waals surface area contributed by atoms with Gasteiger partial charge in [-0.25, -0.2) is 0 Å². The first-order valence-electron chi connectivity index (χ1n) is 12.8. The van der Waals surface area contributed by atoms with Crippen molar-refractivity contribution in [1.29, 1.82) is 0 Å². The van der Waals surface area contributed by atoms with E-state index < -0.39 is 20.4 Å². The molecule has 34 heavy (non-hydrogen) atoms. The molecular weight excluding hydrogens is 579 g/mol. The summed E-state index contributed by atoms with van der Waals surface area (Å²) in [5.41, 5.74) is 4.52. The predicted octanol–water partition coefficient (Wildman–Crippen LogP) is 9.28. The van der Waals surface area contributed by atoms with Crippen LogP contribution in [0.5, 0.6) is 0 Å². The van der Waals surface area contributed by atoms with Crippen LogP contribution in [0.15, 0.2) is 91.0 Å². The van der Waals surface area contributed by atoms with Gasteiger partial charge in [0.1, 0.15) is 0 Å². The van der Waals surface area contributed by atoms with Crippen molar-refractivity contribution in [3.63, 3.8) is 0 Å². The van der Waals surface area contributed by atoms with Crippen LogP contribution in [-0.2, 0) is 39.5 Å². The second-order valence-corrected chi connectivity index (χ2v) is 25.2. The maximum absolute atomic E-state index is 7.12. The molecule has 0 atom stereocenters. The van der Waals surface area contributed by atoms with E-state index in [4.69, 9.17) is 2.85 Å². The Hall–Kier alpha value is -1.51. The van der Waals surface area contributed by atoms with Crippen LogP contribution >= 0.6 is 0 Å². The summed E-state index contributed by atoms with van der Waals surface area (Å²) in [4.78, 5) is 0. The van der Waals surface area contributed by atoms with Gasteiger partial charge in [-0.2, -0.15) is 0 Å². The van der Waals surface area contributed by atoms with E-state index in [0.29, 0.717) is 0 Å². The number of hydrogen-bond acceptors (Lipinski definition) is 1. The first kappa shape index (κ1) is 27.1. The molecule has 182 valence electrons. The normalized spacial score (nSPS) is 13.1. The third-order valence-corrected chi connectivity index (χ3v) is 27.1. The van der Waals surface area contributed by atoms with Crippen molar-refractivity contribution in [2.45, 2.75) is 77.2 Å². The topological polar surface area (TPSA) is 9.23 Å². The second kappa shape index (κ2) is 11.0. The summed E-state index contributed by atoms with van der Waals surface area (Å²) in [7, 11) is 0. The van der Waals surface area contributed by atoms with Gasteiger partial charge in [0, 0.05) is 0 Å². The fraction of sp³-hybridized carbons (Fsp3) is 0.438. The monoisotopic (exact) mass is 624 g/mol. The van der Waals surface area contributed by atoms with Gasteiger partial charge in [0.15, 0.2) is 0 Å². The maximum atomic E-state index is 7.12. The summed E-state index contributed by atoms with van der Waals surface area (Å²) in [5.74, 6) is 0. The van der Waals surface area contributed by atoms with Crippen LogP contribution in [0, 0.1) is 0 Å². The SMILES string of the molecule is CC[O][Hf]([CH2]C(C)(C)c1ccccc1)([CH2]C(C)(C)c1ccccc1)[CH2]C(C)(C)c1ccccc1. The van der Waals surface area contributed by atoms with Gasteiger partial charge in [-0.1, -0.05) is 0 Å². The zero-order valence-electron chi connectivity index (χ0n) is 22.4. The molecule has 1 nitrogen and oxygen atoms in total. The van der Waals surface area contributed by atoms with Crippen molar-refractivity contribution in [1.82, 2.24) is 0 Å². The molecule has 0 aliphatic heterocycles. The standard InChI is InChI=1S/3C10H13.C2H5O.Hf/c3*1-10(2,3)9-7-5-4-6-8-9;1-2-3;/h3*4-8H,1H2,2-3H3;2H2,1H3;/q;;;-1;+1. The molecule has 3 aromatic carbocycles. The first-order chi connectivity index (χ1) is 16.0. The molecule has 0 N–H and O–H groups in total. The molecule has 0 saturated carbocycles. The molecule has 3 rings (SSSR count). The summed E-state index contributed by atoms with van der Waals surface area (Å²) in [6.45, 7) is 17.6. The Labute approximate surface area is 213 Å². The summed E-state index contributed by atoms with van der Waals surface area (Å²) >= 11 is -3.43. The van der Waals surface area contributed by atoms with Crippen LogP contribution < -0.4 is 0 Å². The summed E-state index contributed by atoms with van der Waals surface area (Å²) in [5, 5.41) is 0. The van der Waals surface area contributed by atoms with Gasteiger partial charge >= 0.3 is 215 Å². The Morgan fingerprint density at radius 3 is 1.00 bits per heavy atom. The van der Waals surface area contributed by atoms with Crippen molar-refractivity contribution in [2.24, 2.45) is 0 Å². The molecule has 3 aromatic rings. The van der Waals surface area contributed by atoms with Crippen molar-refractivity contribution in [2.75, 3.05) is 6.61 Å². The molecule has 2 heteroatoms. The zero-order valence-corrected chi connectivity index (χ0v) is 26.0. The van der Waals surface area contributed by atoms with Gasteiger partial charge in [0.2, 0.25) is 0 Å². The Morgan fingerprint density at radius 2 is 0.765 bits per heavy atom. The minimum absolute atomic E-state index is 0.0809. The molecule has 0 bridgehead atoms. The third-order valence-electron chi connectivity index (χ3n) is 7.41. The van der Waals surface area contributed by atoms with E-state index in [2.05, 4.69) is 139 Å². The molecule has 0 unspecified atom stereocenters. The first-order valence-corrected chi connectivity index (χ1v) is 21.9. The van der Waals surface area contributed by atoms with E-state index in [1.165, 1.54) is 29.2 Å². The molecule has 0 aliphatic rings. The van der Waals surface area contributed by atoms with E-state index in [-0.39, 0.29) is 16.2 Å². The number of hydrogen-bond donors (Lipinski definition) is 0. The molecule has 0 aliphatic carbocycles. The summed E-state index contributed by atoms with van der Waals surface area (Å²) in [6.07, 6.45) is 0. The van der Waals surface area contributed by atoms with Crippen molar-refractivity contribution in [3.8, 4) is 0 Å². The van der Waals surface area contributed by atoms with E-state index in [9.17, 15) is 0 Å². The van der Waals surface area contributed by atoms with E-state index >= 15 is 0 Å². The Morgan fingerprint density at radius 1 is 0.500 bits per heavy atom. The van der Waals surface area contributed by atoms with Crippen LogP contribution in [-0.4, -0.2) is 6.61 Å². The van der Waals surface area contributed by atoms with Crippen molar-refractivity contribution >= 4 is 0 Å². The molecule has 0 radical (unpaired) electrons. The quantitative estimate of drug-likeness (QED) is 0.194. The molecule has 0 heterocycles. The number of rotatable bonds is 11. The molecule has 0 amide bonds.